The Morgan fingerprint density at radius 2 is 1.09 bits per heavy atom. The van der Waals surface area contributed by atoms with E-state index in [-0.39, 0.29) is 29.3 Å². The molecule has 9 rings (SSSR count). The fourth-order valence-electron chi connectivity index (χ4n) is 6.09. The van der Waals surface area contributed by atoms with Crippen LogP contribution in [0.3, 0.4) is 0 Å². The molecule has 44 heavy (non-hydrogen) atoms. The van der Waals surface area contributed by atoms with Crippen LogP contribution in [0.1, 0.15) is 6.85 Å². The molecule has 0 aliphatic carbocycles. The highest BCUT2D eigenvalue weighted by Crippen LogP contribution is 2.41. The van der Waals surface area contributed by atoms with Crippen molar-refractivity contribution < 1.29 is 11.3 Å². The van der Waals surface area contributed by atoms with Crippen LogP contribution in [0.25, 0.3) is 83.6 Å². The smallest absolute Gasteiger partial charge is 0.164 e. The maximum Gasteiger partial charge on any atom is 0.164 e. The van der Waals surface area contributed by atoms with Gasteiger partial charge in [0.05, 0.1) is 29.0 Å². The molecule has 5 nitrogen and oxygen atoms in total. The van der Waals surface area contributed by atoms with Crippen LogP contribution in [-0.2, 0) is 0 Å². The van der Waals surface area contributed by atoms with Crippen LogP contribution in [0, 0.1) is 0 Å². The van der Waals surface area contributed by atoms with E-state index in [1.165, 1.54) is 0 Å². The number of benzene rings is 6. The van der Waals surface area contributed by atoms with Gasteiger partial charge in [0, 0.05) is 32.8 Å². The lowest BCUT2D eigenvalue weighted by molar-refractivity contribution is 0.669. The first kappa shape index (κ1) is 19.9. The predicted octanol–water partition coefficient (Wildman–Crippen LogP) is 9.87. The Morgan fingerprint density at radius 3 is 1.82 bits per heavy atom. The van der Waals surface area contributed by atoms with Crippen molar-refractivity contribution in [2.45, 2.75) is 0 Å². The van der Waals surface area contributed by atoms with E-state index in [2.05, 4.69) is 39.9 Å². The molecule has 0 unspecified atom stereocenters. The first-order chi connectivity index (χ1) is 23.9. The van der Waals surface area contributed by atoms with Gasteiger partial charge in [0.2, 0.25) is 0 Å². The minimum Gasteiger partial charge on any atom is -0.456 e. The Morgan fingerprint density at radius 1 is 0.500 bits per heavy atom. The molecule has 0 aliphatic heterocycles. The molecule has 0 fully saturated rings. The molecule has 0 saturated carbocycles. The summed E-state index contributed by atoms with van der Waals surface area (Å²) >= 11 is 0. The van der Waals surface area contributed by atoms with E-state index in [0.717, 1.165) is 38.3 Å². The van der Waals surface area contributed by atoms with E-state index in [0.29, 0.717) is 28.1 Å². The predicted molar refractivity (Wildman–Crippen MR) is 178 cm³/mol. The molecular weight excluding hydrogens is 540 g/mol. The summed E-state index contributed by atoms with van der Waals surface area (Å²) in [5.41, 5.74) is 5.59. The number of hydrogen-bond donors (Lipinski definition) is 0. The minimum atomic E-state index is -0.483. The normalized spacial score (nSPS) is 13.2. The first-order valence-electron chi connectivity index (χ1n) is 16.7. The molecule has 3 aromatic heterocycles. The summed E-state index contributed by atoms with van der Waals surface area (Å²) in [6, 6.07) is 35.5. The molecule has 0 N–H and O–H groups in total. The van der Waals surface area contributed by atoms with Crippen LogP contribution in [-0.4, -0.2) is 19.5 Å². The summed E-state index contributed by atoms with van der Waals surface area (Å²) in [7, 11) is 0. The Hall–Kier alpha value is -6.07. The number of hydrogen-bond acceptors (Lipinski definition) is 4. The van der Waals surface area contributed by atoms with Crippen LogP contribution in [0.15, 0.2) is 150 Å². The monoisotopic (exact) mass is 569 g/mol. The standard InChI is InChI=1S/C39H24N4O/c1-3-13-25(14-4-1)37-40-38(26-15-5-2-6-16-26)42-39(41-37)29-19-11-23-33-35(29)36-32(22-12-24-34(36)44-33)43-30-20-9-7-17-27(30)28-18-8-10-21-31(28)43/h1-24H/i1D,3D,4D,13D,14D. The quantitative estimate of drug-likeness (QED) is 0.212. The Bertz CT molecular complexity index is 2710. The molecule has 0 spiro atoms. The van der Waals surface area contributed by atoms with Crippen molar-refractivity contribution >= 4 is 43.7 Å². The van der Waals surface area contributed by atoms with Crippen molar-refractivity contribution in [3.8, 4) is 39.9 Å². The number of aromatic nitrogens is 4. The van der Waals surface area contributed by atoms with E-state index in [1.54, 1.807) is 0 Å². The first-order valence-corrected chi connectivity index (χ1v) is 14.2. The third-order valence-electron chi connectivity index (χ3n) is 7.95. The van der Waals surface area contributed by atoms with Gasteiger partial charge in [-0.25, -0.2) is 15.0 Å². The number of fused-ring (bicyclic) bond motifs is 6. The fourth-order valence-corrected chi connectivity index (χ4v) is 6.09. The molecule has 5 heteroatoms. The molecule has 6 aromatic carbocycles. The van der Waals surface area contributed by atoms with Crippen LogP contribution in [0.5, 0.6) is 0 Å². The summed E-state index contributed by atoms with van der Waals surface area (Å²) in [5.74, 6) is 0.564. The largest absolute Gasteiger partial charge is 0.456 e. The molecule has 0 amide bonds. The molecule has 0 radical (unpaired) electrons. The highest BCUT2D eigenvalue weighted by molar-refractivity contribution is 6.17. The Labute approximate surface area is 259 Å². The topological polar surface area (TPSA) is 56.7 Å². The third kappa shape index (κ3) is 3.76. The van der Waals surface area contributed by atoms with Crippen LogP contribution in [0.4, 0.5) is 0 Å². The van der Waals surface area contributed by atoms with Gasteiger partial charge in [-0.3, -0.25) is 0 Å². The molecule has 206 valence electrons. The highest BCUT2D eigenvalue weighted by atomic mass is 16.3. The third-order valence-corrected chi connectivity index (χ3v) is 7.95. The van der Waals surface area contributed by atoms with Crippen LogP contribution < -0.4 is 0 Å². The molecule has 9 aromatic rings. The van der Waals surface area contributed by atoms with Crippen molar-refractivity contribution in [3.05, 3.63) is 145 Å². The summed E-state index contributed by atoms with van der Waals surface area (Å²) in [4.78, 5) is 14.4. The van der Waals surface area contributed by atoms with Gasteiger partial charge in [0.1, 0.15) is 11.2 Å². The maximum atomic E-state index is 8.69. The van der Waals surface area contributed by atoms with Crippen LogP contribution >= 0.6 is 0 Å². The van der Waals surface area contributed by atoms with E-state index in [9.17, 15) is 0 Å². The van der Waals surface area contributed by atoms with Crippen molar-refractivity contribution in [2.24, 2.45) is 0 Å². The van der Waals surface area contributed by atoms with Crippen molar-refractivity contribution in [2.75, 3.05) is 0 Å². The lowest BCUT2D eigenvalue weighted by Gasteiger charge is -2.11. The van der Waals surface area contributed by atoms with E-state index in [4.69, 9.17) is 21.2 Å². The average molecular weight is 570 g/mol. The van der Waals surface area contributed by atoms with E-state index in [1.807, 2.05) is 84.9 Å². The van der Waals surface area contributed by atoms with E-state index < -0.39 is 18.1 Å². The van der Waals surface area contributed by atoms with Crippen LogP contribution in [0.2, 0.25) is 0 Å². The fraction of sp³-hybridized carbons (Fsp3) is 0. The van der Waals surface area contributed by atoms with Gasteiger partial charge in [-0.05, 0) is 30.3 Å². The molecular formula is C39H24N4O. The lowest BCUT2D eigenvalue weighted by Crippen LogP contribution is -2.00. The second kappa shape index (κ2) is 9.75. The second-order valence-corrected chi connectivity index (χ2v) is 10.5. The van der Waals surface area contributed by atoms with Crippen molar-refractivity contribution in [3.63, 3.8) is 0 Å². The summed E-state index contributed by atoms with van der Waals surface area (Å²) in [5, 5.41) is 3.92. The summed E-state index contributed by atoms with van der Waals surface area (Å²) < 4.78 is 50.8. The SMILES string of the molecule is [2H]c1c([2H])c([2H])c(-c2nc(-c3ccccc3)nc(-c3cccc4oc5cccc(-n6c7ccccc7c7ccccc76)c5c34)n2)c([2H])c1[2H]. The Balaban J connectivity index is 1.38. The number of para-hydroxylation sites is 2. The zero-order valence-electron chi connectivity index (χ0n) is 28.2. The number of furan rings is 1. The van der Waals surface area contributed by atoms with Crippen molar-refractivity contribution in [1.82, 2.24) is 19.5 Å². The van der Waals surface area contributed by atoms with Gasteiger partial charge >= 0.3 is 0 Å². The van der Waals surface area contributed by atoms with Gasteiger partial charge < -0.3 is 8.98 Å². The second-order valence-electron chi connectivity index (χ2n) is 10.5. The van der Waals surface area contributed by atoms with Gasteiger partial charge in [0.15, 0.2) is 17.5 Å². The number of rotatable bonds is 4. The van der Waals surface area contributed by atoms with Gasteiger partial charge in [-0.15, -0.1) is 0 Å². The maximum absolute atomic E-state index is 8.69. The highest BCUT2D eigenvalue weighted by Gasteiger charge is 2.21. The minimum absolute atomic E-state index is 0.0201. The summed E-state index contributed by atoms with van der Waals surface area (Å²) in [6.07, 6.45) is 0. The zero-order valence-corrected chi connectivity index (χ0v) is 23.2. The molecule has 0 saturated heterocycles. The molecule has 3 heterocycles. The van der Waals surface area contributed by atoms with Gasteiger partial charge in [-0.1, -0.05) is 115 Å². The van der Waals surface area contributed by atoms with E-state index >= 15 is 0 Å². The van der Waals surface area contributed by atoms with Crippen molar-refractivity contribution in [1.29, 1.82) is 0 Å². The molecule has 0 bridgehead atoms. The lowest BCUT2D eigenvalue weighted by atomic mass is 10.0. The average Bonchev–Trinajstić information content (AvgIpc) is 3.70. The van der Waals surface area contributed by atoms with Gasteiger partial charge in [-0.2, -0.15) is 0 Å². The Kier molecular flexibility index (Phi) is 4.42. The number of nitrogens with zero attached hydrogens (tertiary/aromatic N) is 4. The van der Waals surface area contributed by atoms with Gasteiger partial charge in [0.25, 0.3) is 0 Å². The zero-order chi connectivity index (χ0) is 33.4. The molecule has 0 atom stereocenters. The molecule has 0 aliphatic rings. The summed E-state index contributed by atoms with van der Waals surface area (Å²) in [6.45, 7) is 0.